The molecular formula is C16H25N. The summed E-state index contributed by atoms with van der Waals surface area (Å²) in [6.45, 7) is 2.26. The number of nitrogens with two attached hydrogens (primary N) is 1. The van der Waals surface area contributed by atoms with Crippen LogP contribution < -0.4 is 5.73 Å². The first-order valence-electron chi connectivity index (χ1n) is 7.13. The molecule has 2 N–H and O–H groups in total. The molecule has 0 heterocycles. The molecule has 1 aromatic rings. The average molecular weight is 231 g/mol. The van der Waals surface area contributed by atoms with Crippen LogP contribution in [0.2, 0.25) is 0 Å². The van der Waals surface area contributed by atoms with E-state index in [1.54, 1.807) is 0 Å². The molecule has 1 aliphatic carbocycles. The monoisotopic (exact) mass is 231 g/mol. The lowest BCUT2D eigenvalue weighted by Gasteiger charge is -2.11. The number of rotatable bonds is 7. The van der Waals surface area contributed by atoms with E-state index < -0.39 is 0 Å². The molecule has 0 amide bonds. The molecule has 1 heteroatoms. The fraction of sp³-hybridized carbons (Fsp3) is 0.625. The lowest BCUT2D eigenvalue weighted by atomic mass is 10.0. The van der Waals surface area contributed by atoms with E-state index in [9.17, 15) is 0 Å². The summed E-state index contributed by atoms with van der Waals surface area (Å²) in [4.78, 5) is 0. The highest BCUT2D eigenvalue weighted by Gasteiger charge is 2.41. The van der Waals surface area contributed by atoms with Crippen LogP contribution in [-0.2, 0) is 0 Å². The van der Waals surface area contributed by atoms with Crippen LogP contribution in [0, 0.1) is 5.92 Å². The van der Waals surface area contributed by atoms with Gasteiger partial charge in [-0.1, -0.05) is 62.9 Å². The molecule has 17 heavy (non-hydrogen) atoms. The van der Waals surface area contributed by atoms with E-state index in [1.807, 2.05) is 0 Å². The molecule has 1 nitrogen and oxygen atoms in total. The highest BCUT2D eigenvalue weighted by molar-refractivity contribution is 5.26. The summed E-state index contributed by atoms with van der Waals surface area (Å²) in [5.41, 5.74) is 7.78. The standard InChI is InChI=1S/C16H25N/c1-2-3-4-8-11-16(17)15-12-14(15)13-9-6-5-7-10-13/h5-7,9-10,14-16H,2-4,8,11-12,17H2,1H3. The minimum Gasteiger partial charge on any atom is -0.327 e. The first-order chi connectivity index (χ1) is 8.33. The van der Waals surface area contributed by atoms with Crippen molar-refractivity contribution in [3.8, 4) is 0 Å². The zero-order valence-electron chi connectivity index (χ0n) is 10.9. The highest BCUT2D eigenvalue weighted by atomic mass is 14.7. The topological polar surface area (TPSA) is 26.0 Å². The number of hydrogen-bond acceptors (Lipinski definition) is 1. The summed E-state index contributed by atoms with van der Waals surface area (Å²) >= 11 is 0. The van der Waals surface area contributed by atoms with Gasteiger partial charge in [0, 0.05) is 6.04 Å². The van der Waals surface area contributed by atoms with Gasteiger partial charge >= 0.3 is 0 Å². The molecule has 1 aromatic carbocycles. The molecular weight excluding hydrogens is 206 g/mol. The molecule has 94 valence electrons. The van der Waals surface area contributed by atoms with Crippen molar-refractivity contribution in [3.63, 3.8) is 0 Å². The fourth-order valence-corrected chi connectivity index (χ4v) is 2.79. The minimum atomic E-state index is 0.428. The van der Waals surface area contributed by atoms with E-state index >= 15 is 0 Å². The number of hydrogen-bond donors (Lipinski definition) is 1. The second-order valence-corrected chi connectivity index (χ2v) is 5.43. The summed E-state index contributed by atoms with van der Waals surface area (Å²) in [6, 6.07) is 11.3. The molecule has 0 bridgehead atoms. The van der Waals surface area contributed by atoms with Gasteiger partial charge in [-0.25, -0.2) is 0 Å². The van der Waals surface area contributed by atoms with Crippen LogP contribution in [0.25, 0.3) is 0 Å². The molecule has 1 fully saturated rings. The molecule has 1 aliphatic rings. The van der Waals surface area contributed by atoms with Crippen LogP contribution in [0.3, 0.4) is 0 Å². The summed E-state index contributed by atoms with van der Waals surface area (Å²) in [5, 5.41) is 0. The second kappa shape index (κ2) is 6.20. The Morgan fingerprint density at radius 3 is 2.65 bits per heavy atom. The zero-order chi connectivity index (χ0) is 12.1. The van der Waals surface area contributed by atoms with Gasteiger partial charge < -0.3 is 5.73 Å². The van der Waals surface area contributed by atoms with Gasteiger partial charge in [0.25, 0.3) is 0 Å². The highest BCUT2D eigenvalue weighted by Crippen LogP contribution is 2.49. The third-order valence-corrected chi connectivity index (χ3v) is 4.01. The maximum absolute atomic E-state index is 6.29. The predicted octanol–water partition coefficient (Wildman–Crippen LogP) is 4.09. The molecule has 3 unspecified atom stereocenters. The van der Waals surface area contributed by atoms with Gasteiger partial charge in [-0.3, -0.25) is 0 Å². The molecule has 0 saturated heterocycles. The van der Waals surface area contributed by atoms with Gasteiger partial charge in [0.2, 0.25) is 0 Å². The lowest BCUT2D eigenvalue weighted by Crippen LogP contribution is -2.23. The fourth-order valence-electron chi connectivity index (χ4n) is 2.79. The van der Waals surface area contributed by atoms with Crippen LogP contribution in [0.5, 0.6) is 0 Å². The lowest BCUT2D eigenvalue weighted by molar-refractivity contribution is 0.499. The van der Waals surface area contributed by atoms with Gasteiger partial charge in [-0.2, -0.15) is 0 Å². The Morgan fingerprint density at radius 2 is 1.94 bits per heavy atom. The smallest absolute Gasteiger partial charge is 0.00732 e. The molecule has 0 radical (unpaired) electrons. The first kappa shape index (κ1) is 12.6. The third kappa shape index (κ3) is 3.57. The molecule has 0 spiro atoms. The summed E-state index contributed by atoms with van der Waals surface area (Å²) in [7, 11) is 0. The summed E-state index contributed by atoms with van der Waals surface area (Å²) < 4.78 is 0. The molecule has 1 saturated carbocycles. The zero-order valence-corrected chi connectivity index (χ0v) is 10.9. The Labute approximate surface area is 105 Å². The second-order valence-electron chi connectivity index (χ2n) is 5.43. The molecule has 2 rings (SSSR count). The van der Waals surface area contributed by atoms with Gasteiger partial charge in [-0.05, 0) is 30.2 Å². The Kier molecular flexibility index (Phi) is 4.61. The Balaban J connectivity index is 1.71. The van der Waals surface area contributed by atoms with Crippen LogP contribution in [0.4, 0.5) is 0 Å². The van der Waals surface area contributed by atoms with Gasteiger partial charge in [-0.15, -0.1) is 0 Å². The predicted molar refractivity (Wildman–Crippen MR) is 74.0 cm³/mol. The molecule has 3 atom stereocenters. The maximum Gasteiger partial charge on any atom is 0.00732 e. The quantitative estimate of drug-likeness (QED) is 0.703. The summed E-state index contributed by atoms with van der Waals surface area (Å²) in [5.74, 6) is 1.50. The Morgan fingerprint density at radius 1 is 1.18 bits per heavy atom. The first-order valence-corrected chi connectivity index (χ1v) is 7.13. The van der Waals surface area contributed by atoms with Crippen molar-refractivity contribution >= 4 is 0 Å². The van der Waals surface area contributed by atoms with E-state index in [0.29, 0.717) is 6.04 Å². The van der Waals surface area contributed by atoms with Gasteiger partial charge in [0.15, 0.2) is 0 Å². The minimum absolute atomic E-state index is 0.428. The largest absolute Gasteiger partial charge is 0.327 e. The molecule has 0 aromatic heterocycles. The van der Waals surface area contributed by atoms with E-state index in [0.717, 1.165) is 11.8 Å². The van der Waals surface area contributed by atoms with Crippen molar-refractivity contribution in [2.75, 3.05) is 0 Å². The van der Waals surface area contributed by atoms with Crippen molar-refractivity contribution < 1.29 is 0 Å². The van der Waals surface area contributed by atoms with Crippen LogP contribution in [-0.4, -0.2) is 6.04 Å². The van der Waals surface area contributed by atoms with E-state index in [-0.39, 0.29) is 0 Å². The normalized spacial score (nSPS) is 24.6. The Hall–Kier alpha value is -0.820. The maximum atomic E-state index is 6.29. The van der Waals surface area contributed by atoms with Crippen LogP contribution >= 0.6 is 0 Å². The van der Waals surface area contributed by atoms with Crippen molar-refractivity contribution in [2.45, 2.75) is 57.4 Å². The molecule has 0 aliphatic heterocycles. The van der Waals surface area contributed by atoms with Crippen molar-refractivity contribution in [1.29, 1.82) is 0 Å². The average Bonchev–Trinajstić information content (AvgIpc) is 3.16. The number of unbranched alkanes of at least 4 members (excludes halogenated alkanes) is 3. The van der Waals surface area contributed by atoms with Crippen molar-refractivity contribution in [1.82, 2.24) is 0 Å². The van der Waals surface area contributed by atoms with E-state index in [4.69, 9.17) is 5.73 Å². The van der Waals surface area contributed by atoms with Crippen LogP contribution in [0.15, 0.2) is 30.3 Å². The summed E-state index contributed by atoms with van der Waals surface area (Å²) in [6.07, 6.45) is 7.86. The third-order valence-electron chi connectivity index (χ3n) is 4.01. The number of benzene rings is 1. The van der Waals surface area contributed by atoms with E-state index in [2.05, 4.69) is 37.3 Å². The van der Waals surface area contributed by atoms with Crippen LogP contribution in [0.1, 0.15) is 56.9 Å². The van der Waals surface area contributed by atoms with Crippen molar-refractivity contribution in [2.24, 2.45) is 11.7 Å². The SMILES string of the molecule is CCCCCCC(N)C1CC1c1ccccc1. The Bertz CT molecular complexity index is 320. The van der Waals surface area contributed by atoms with E-state index in [1.165, 1.54) is 44.1 Å². The van der Waals surface area contributed by atoms with Gasteiger partial charge in [0.1, 0.15) is 0 Å². The van der Waals surface area contributed by atoms with Crippen molar-refractivity contribution in [3.05, 3.63) is 35.9 Å². The van der Waals surface area contributed by atoms with Gasteiger partial charge in [0.05, 0.1) is 0 Å².